The average Bonchev–Trinajstić information content (AvgIpc) is 3.28. The van der Waals surface area contributed by atoms with Gasteiger partial charge in [-0.3, -0.25) is 0 Å². The molecule has 2 aromatic rings. The van der Waals surface area contributed by atoms with E-state index in [2.05, 4.69) is 16.2 Å². The van der Waals surface area contributed by atoms with Crippen molar-refractivity contribution >= 4 is 34.2 Å². The standard InChI is InChI=1S/C19H22ClN3O3/c1-18(2,3)26-17(24)19(6-7-19)23-16-14(11-21-23)13(10-15(20)22-16)12-4-8-25-9-5-12/h4,10-11H,5-9H2,1-3H3. The van der Waals surface area contributed by atoms with Crippen LogP contribution in [0.5, 0.6) is 0 Å². The van der Waals surface area contributed by atoms with Crippen molar-refractivity contribution in [1.29, 1.82) is 0 Å². The number of fused-ring (bicyclic) bond motifs is 1. The second kappa shape index (κ2) is 6.06. The van der Waals surface area contributed by atoms with Gasteiger partial charge in [0.2, 0.25) is 0 Å². The predicted molar refractivity (Wildman–Crippen MR) is 99.0 cm³/mol. The Hall–Kier alpha value is -1.92. The number of rotatable bonds is 3. The minimum absolute atomic E-state index is 0.261. The topological polar surface area (TPSA) is 66.2 Å². The van der Waals surface area contributed by atoms with Gasteiger partial charge in [0, 0.05) is 5.39 Å². The summed E-state index contributed by atoms with van der Waals surface area (Å²) >= 11 is 6.30. The van der Waals surface area contributed by atoms with Crippen LogP contribution in [0, 0.1) is 0 Å². The fourth-order valence-electron chi connectivity index (χ4n) is 3.31. The van der Waals surface area contributed by atoms with Crippen molar-refractivity contribution in [3.63, 3.8) is 0 Å². The molecule has 1 aliphatic heterocycles. The van der Waals surface area contributed by atoms with Crippen LogP contribution in [0.25, 0.3) is 16.6 Å². The molecular formula is C19H22ClN3O3. The Kier molecular flexibility index (Phi) is 4.08. The number of hydrogen-bond acceptors (Lipinski definition) is 5. The van der Waals surface area contributed by atoms with Crippen molar-refractivity contribution in [2.24, 2.45) is 0 Å². The van der Waals surface area contributed by atoms with Crippen LogP contribution in [0.4, 0.5) is 0 Å². The summed E-state index contributed by atoms with van der Waals surface area (Å²) in [5, 5.41) is 5.80. The highest BCUT2D eigenvalue weighted by atomic mass is 35.5. The lowest BCUT2D eigenvalue weighted by molar-refractivity contribution is -0.161. The molecule has 0 unspecified atom stereocenters. The summed E-state index contributed by atoms with van der Waals surface area (Å²) in [7, 11) is 0. The molecule has 1 aliphatic carbocycles. The van der Waals surface area contributed by atoms with Crippen LogP contribution in [0.15, 0.2) is 18.3 Å². The van der Waals surface area contributed by atoms with Gasteiger partial charge in [-0.05, 0) is 57.2 Å². The van der Waals surface area contributed by atoms with Crippen molar-refractivity contribution in [2.75, 3.05) is 13.2 Å². The lowest BCUT2D eigenvalue weighted by Gasteiger charge is -2.24. The third-order valence-corrected chi connectivity index (χ3v) is 4.92. The maximum absolute atomic E-state index is 12.8. The van der Waals surface area contributed by atoms with Crippen LogP contribution in [0.2, 0.25) is 5.15 Å². The van der Waals surface area contributed by atoms with E-state index >= 15 is 0 Å². The average molecular weight is 376 g/mol. The number of aromatic nitrogens is 3. The maximum Gasteiger partial charge on any atom is 0.334 e. The predicted octanol–water partition coefficient (Wildman–Crippen LogP) is 3.72. The van der Waals surface area contributed by atoms with Gasteiger partial charge in [0.15, 0.2) is 11.2 Å². The zero-order chi connectivity index (χ0) is 18.5. The Balaban J connectivity index is 1.80. The summed E-state index contributed by atoms with van der Waals surface area (Å²) in [5.74, 6) is -0.261. The first-order valence-electron chi connectivity index (χ1n) is 8.85. The quantitative estimate of drug-likeness (QED) is 0.604. The molecule has 0 amide bonds. The van der Waals surface area contributed by atoms with Crippen LogP contribution in [-0.4, -0.2) is 39.5 Å². The highest BCUT2D eigenvalue weighted by Crippen LogP contribution is 2.47. The highest BCUT2D eigenvalue weighted by Gasteiger charge is 2.56. The van der Waals surface area contributed by atoms with Crippen LogP contribution in [0.1, 0.15) is 45.6 Å². The zero-order valence-electron chi connectivity index (χ0n) is 15.2. The molecule has 26 heavy (non-hydrogen) atoms. The van der Waals surface area contributed by atoms with Gasteiger partial charge in [0.05, 0.1) is 19.4 Å². The van der Waals surface area contributed by atoms with Gasteiger partial charge in [-0.25, -0.2) is 14.5 Å². The summed E-state index contributed by atoms with van der Waals surface area (Å²) < 4.78 is 12.7. The molecule has 0 spiro atoms. The molecule has 0 radical (unpaired) electrons. The molecule has 1 saturated carbocycles. The molecule has 4 rings (SSSR count). The zero-order valence-corrected chi connectivity index (χ0v) is 16.0. The lowest BCUT2D eigenvalue weighted by atomic mass is 10.00. The van der Waals surface area contributed by atoms with E-state index in [0.29, 0.717) is 36.9 Å². The first-order valence-corrected chi connectivity index (χ1v) is 9.23. The van der Waals surface area contributed by atoms with Crippen LogP contribution in [0.3, 0.4) is 0 Å². The van der Waals surface area contributed by atoms with E-state index in [1.165, 1.54) is 5.57 Å². The Morgan fingerprint density at radius 3 is 2.77 bits per heavy atom. The molecule has 0 saturated heterocycles. The minimum atomic E-state index is -0.770. The summed E-state index contributed by atoms with van der Waals surface area (Å²) in [6, 6.07) is 1.86. The largest absolute Gasteiger partial charge is 0.458 e. The first-order chi connectivity index (χ1) is 12.3. The summed E-state index contributed by atoms with van der Waals surface area (Å²) in [5.41, 5.74) is 1.50. The van der Waals surface area contributed by atoms with Crippen molar-refractivity contribution < 1.29 is 14.3 Å². The van der Waals surface area contributed by atoms with Crippen molar-refractivity contribution in [2.45, 2.75) is 51.2 Å². The molecular weight excluding hydrogens is 354 g/mol. The van der Waals surface area contributed by atoms with Crippen molar-refractivity contribution in [1.82, 2.24) is 14.8 Å². The fourth-order valence-corrected chi connectivity index (χ4v) is 3.50. The van der Waals surface area contributed by atoms with E-state index < -0.39 is 11.1 Å². The van der Waals surface area contributed by atoms with E-state index in [1.807, 2.05) is 26.8 Å². The summed E-state index contributed by atoms with van der Waals surface area (Å²) in [6.45, 7) is 6.88. The Morgan fingerprint density at radius 2 is 2.15 bits per heavy atom. The Morgan fingerprint density at radius 1 is 1.38 bits per heavy atom. The van der Waals surface area contributed by atoms with E-state index in [1.54, 1.807) is 10.9 Å². The monoisotopic (exact) mass is 375 g/mol. The van der Waals surface area contributed by atoms with Crippen molar-refractivity contribution in [3.8, 4) is 0 Å². The lowest BCUT2D eigenvalue weighted by Crippen LogP contribution is -2.36. The minimum Gasteiger partial charge on any atom is -0.458 e. The van der Waals surface area contributed by atoms with Gasteiger partial charge in [-0.2, -0.15) is 5.10 Å². The number of pyridine rings is 1. The molecule has 138 valence electrons. The number of nitrogens with zero attached hydrogens (tertiary/aromatic N) is 3. The van der Waals surface area contributed by atoms with E-state index in [4.69, 9.17) is 21.1 Å². The molecule has 0 atom stereocenters. The van der Waals surface area contributed by atoms with Gasteiger partial charge in [0.25, 0.3) is 0 Å². The maximum atomic E-state index is 12.8. The SMILES string of the molecule is CC(C)(C)OC(=O)C1(n2ncc3c(C4=CCOCC4)cc(Cl)nc32)CC1. The molecule has 2 aromatic heterocycles. The molecule has 2 aliphatic rings. The number of esters is 1. The van der Waals surface area contributed by atoms with E-state index in [9.17, 15) is 4.79 Å². The number of carbonyl (C=O) groups is 1. The fraction of sp³-hybridized carbons (Fsp3) is 0.526. The molecule has 0 bridgehead atoms. The van der Waals surface area contributed by atoms with E-state index in [0.717, 1.165) is 17.4 Å². The van der Waals surface area contributed by atoms with Gasteiger partial charge >= 0.3 is 5.97 Å². The van der Waals surface area contributed by atoms with Crippen molar-refractivity contribution in [3.05, 3.63) is 29.1 Å². The van der Waals surface area contributed by atoms with Crippen LogP contribution < -0.4 is 0 Å². The molecule has 3 heterocycles. The molecule has 1 fully saturated rings. The second-order valence-electron chi connectivity index (χ2n) is 7.87. The number of carbonyl (C=O) groups excluding carboxylic acids is 1. The first kappa shape index (κ1) is 17.5. The molecule has 6 nitrogen and oxygen atoms in total. The highest BCUT2D eigenvalue weighted by molar-refractivity contribution is 6.30. The normalized spacial score (nSPS) is 19.3. The Bertz CT molecular complexity index is 907. The Labute approximate surface area is 157 Å². The number of hydrogen-bond donors (Lipinski definition) is 0. The molecule has 0 N–H and O–H groups in total. The molecule has 0 aromatic carbocycles. The molecule has 7 heteroatoms. The summed E-state index contributed by atoms with van der Waals surface area (Å²) in [4.78, 5) is 17.3. The van der Waals surface area contributed by atoms with Gasteiger partial charge in [-0.1, -0.05) is 17.7 Å². The van der Waals surface area contributed by atoms with E-state index in [-0.39, 0.29) is 5.97 Å². The van der Waals surface area contributed by atoms with Gasteiger partial charge < -0.3 is 9.47 Å². The third kappa shape index (κ3) is 3.01. The smallest absolute Gasteiger partial charge is 0.334 e. The van der Waals surface area contributed by atoms with Crippen LogP contribution >= 0.6 is 11.6 Å². The third-order valence-electron chi connectivity index (χ3n) is 4.73. The summed E-state index contributed by atoms with van der Waals surface area (Å²) in [6.07, 6.45) is 6.04. The second-order valence-corrected chi connectivity index (χ2v) is 8.26. The van der Waals surface area contributed by atoms with Gasteiger partial charge in [0.1, 0.15) is 10.8 Å². The number of halogens is 1. The number of ether oxygens (including phenoxy) is 2. The van der Waals surface area contributed by atoms with Gasteiger partial charge in [-0.15, -0.1) is 0 Å². The van der Waals surface area contributed by atoms with Crippen LogP contribution in [-0.2, 0) is 19.8 Å².